The van der Waals surface area contributed by atoms with E-state index in [4.69, 9.17) is 0 Å². The fraction of sp³-hybridized carbons (Fsp3) is 0.333. The Morgan fingerprint density at radius 3 is 2.58 bits per heavy atom. The molecular weight excluding hydrogens is 246 g/mol. The van der Waals surface area contributed by atoms with Crippen LogP contribution in [0.5, 0.6) is 0 Å². The Labute approximate surface area is 109 Å². The molecule has 19 heavy (non-hydrogen) atoms. The summed E-state index contributed by atoms with van der Waals surface area (Å²) in [6, 6.07) is 8.67. The van der Waals surface area contributed by atoms with Crippen molar-refractivity contribution in [3.63, 3.8) is 0 Å². The van der Waals surface area contributed by atoms with Crippen molar-refractivity contribution in [1.29, 1.82) is 0 Å². The molecule has 2 aromatic rings. The minimum Gasteiger partial charge on any atom is -0.295 e. The van der Waals surface area contributed by atoms with Gasteiger partial charge in [0.05, 0.1) is 6.04 Å². The average Bonchev–Trinajstić information content (AvgIpc) is 3.21. The largest absolute Gasteiger partial charge is 0.372 e. The van der Waals surface area contributed by atoms with Gasteiger partial charge in [0.15, 0.2) is 0 Å². The lowest BCUT2D eigenvalue weighted by atomic mass is 10.3. The standard InChI is InChI=1S/C12H13N5O2/c1-15(9-5-3-2-4-6-9)11(18)17-12(19)16(13-14-17)10-7-8-10/h2-6,10H,7-8H2,1H3. The Kier molecular flexibility index (Phi) is 2.66. The van der Waals surface area contributed by atoms with Crippen molar-refractivity contribution in [2.75, 3.05) is 11.9 Å². The Balaban J connectivity index is 1.90. The number of aromatic nitrogens is 4. The first-order valence-corrected chi connectivity index (χ1v) is 6.06. The van der Waals surface area contributed by atoms with Crippen LogP contribution >= 0.6 is 0 Å². The molecule has 0 saturated heterocycles. The SMILES string of the molecule is CN(C(=O)n1nnn(C2CC2)c1=O)c1ccccc1. The van der Waals surface area contributed by atoms with Crippen LogP contribution in [-0.2, 0) is 0 Å². The maximum atomic E-state index is 12.2. The fourth-order valence-electron chi connectivity index (χ4n) is 1.83. The predicted molar refractivity (Wildman–Crippen MR) is 68.2 cm³/mol. The summed E-state index contributed by atoms with van der Waals surface area (Å²) in [4.78, 5) is 25.5. The third kappa shape index (κ3) is 2.03. The Hall–Kier alpha value is -2.44. The van der Waals surface area contributed by atoms with Gasteiger partial charge in [-0.3, -0.25) is 4.90 Å². The van der Waals surface area contributed by atoms with Crippen molar-refractivity contribution in [1.82, 2.24) is 19.8 Å². The number of anilines is 1. The number of benzene rings is 1. The number of amides is 1. The van der Waals surface area contributed by atoms with Crippen LogP contribution in [0.15, 0.2) is 35.1 Å². The Morgan fingerprint density at radius 1 is 1.26 bits per heavy atom. The summed E-state index contributed by atoms with van der Waals surface area (Å²) in [6.07, 6.45) is 1.84. The van der Waals surface area contributed by atoms with E-state index in [-0.39, 0.29) is 6.04 Å². The third-order valence-electron chi connectivity index (χ3n) is 3.11. The van der Waals surface area contributed by atoms with E-state index in [0.29, 0.717) is 5.69 Å². The van der Waals surface area contributed by atoms with Crippen LogP contribution in [0.3, 0.4) is 0 Å². The van der Waals surface area contributed by atoms with Crippen molar-refractivity contribution >= 4 is 11.7 Å². The topological polar surface area (TPSA) is 73.0 Å². The van der Waals surface area contributed by atoms with Gasteiger partial charge in [-0.2, -0.15) is 4.68 Å². The zero-order valence-corrected chi connectivity index (χ0v) is 10.4. The van der Waals surface area contributed by atoms with Gasteiger partial charge in [-0.25, -0.2) is 9.59 Å². The molecule has 0 aliphatic heterocycles. The highest BCUT2D eigenvalue weighted by molar-refractivity contribution is 5.92. The van der Waals surface area contributed by atoms with Crippen molar-refractivity contribution in [3.8, 4) is 0 Å². The molecule has 0 bridgehead atoms. The van der Waals surface area contributed by atoms with E-state index in [1.165, 1.54) is 9.58 Å². The van der Waals surface area contributed by atoms with Gasteiger partial charge in [-0.1, -0.05) is 18.2 Å². The summed E-state index contributed by atoms with van der Waals surface area (Å²) >= 11 is 0. The third-order valence-corrected chi connectivity index (χ3v) is 3.11. The lowest BCUT2D eigenvalue weighted by Gasteiger charge is -2.15. The molecule has 1 heterocycles. The fourth-order valence-corrected chi connectivity index (χ4v) is 1.83. The summed E-state index contributed by atoms with van der Waals surface area (Å²) in [5, 5.41) is 7.39. The number of carbonyl (C=O) groups excluding carboxylic acids is 1. The van der Waals surface area contributed by atoms with E-state index < -0.39 is 11.7 Å². The molecule has 1 aliphatic rings. The van der Waals surface area contributed by atoms with Crippen LogP contribution in [0.1, 0.15) is 18.9 Å². The van der Waals surface area contributed by atoms with E-state index in [2.05, 4.69) is 10.4 Å². The lowest BCUT2D eigenvalue weighted by molar-refractivity contribution is 0.245. The van der Waals surface area contributed by atoms with Crippen molar-refractivity contribution < 1.29 is 4.79 Å². The highest BCUT2D eigenvalue weighted by atomic mass is 16.2. The second-order valence-electron chi connectivity index (χ2n) is 4.53. The predicted octanol–water partition coefficient (Wildman–Crippen LogP) is 0.879. The monoisotopic (exact) mass is 259 g/mol. The highest BCUT2D eigenvalue weighted by Gasteiger charge is 2.29. The van der Waals surface area contributed by atoms with Gasteiger partial charge in [0.2, 0.25) is 0 Å². The molecule has 7 heteroatoms. The zero-order valence-electron chi connectivity index (χ0n) is 10.4. The van der Waals surface area contributed by atoms with Crippen molar-refractivity contribution in [3.05, 3.63) is 40.8 Å². The van der Waals surface area contributed by atoms with Crippen LogP contribution in [-0.4, -0.2) is 32.9 Å². The van der Waals surface area contributed by atoms with Crippen LogP contribution in [0, 0.1) is 0 Å². The van der Waals surface area contributed by atoms with Crippen LogP contribution in [0.2, 0.25) is 0 Å². The van der Waals surface area contributed by atoms with Gasteiger partial charge < -0.3 is 0 Å². The van der Waals surface area contributed by atoms with Gasteiger partial charge in [-0.05, 0) is 35.4 Å². The summed E-state index contributed by atoms with van der Waals surface area (Å²) in [6.45, 7) is 0. The zero-order chi connectivity index (χ0) is 13.4. The second-order valence-corrected chi connectivity index (χ2v) is 4.53. The molecule has 0 atom stereocenters. The molecule has 1 aliphatic carbocycles. The molecule has 98 valence electrons. The van der Waals surface area contributed by atoms with Crippen molar-refractivity contribution in [2.45, 2.75) is 18.9 Å². The first kappa shape index (κ1) is 11.6. The average molecular weight is 259 g/mol. The summed E-state index contributed by atoms with van der Waals surface area (Å²) in [5.41, 5.74) is 0.218. The minimum atomic E-state index is -0.511. The first-order chi connectivity index (χ1) is 9.18. The quantitative estimate of drug-likeness (QED) is 0.750. The van der Waals surface area contributed by atoms with Crippen LogP contribution in [0.25, 0.3) is 0 Å². The van der Waals surface area contributed by atoms with E-state index in [9.17, 15) is 9.59 Å². The van der Waals surface area contributed by atoms with Gasteiger partial charge >= 0.3 is 11.7 Å². The molecule has 1 amide bonds. The van der Waals surface area contributed by atoms with E-state index in [1.807, 2.05) is 18.2 Å². The minimum absolute atomic E-state index is 0.107. The first-order valence-electron chi connectivity index (χ1n) is 6.06. The number of rotatable bonds is 2. The summed E-state index contributed by atoms with van der Waals surface area (Å²) in [7, 11) is 1.60. The summed E-state index contributed by atoms with van der Waals surface area (Å²) in [5.74, 6) is 0. The molecule has 1 saturated carbocycles. The molecule has 7 nitrogen and oxygen atoms in total. The van der Waals surface area contributed by atoms with E-state index in [0.717, 1.165) is 17.5 Å². The molecule has 0 N–H and O–H groups in total. The molecule has 3 rings (SSSR count). The molecule has 1 fully saturated rings. The second kappa shape index (κ2) is 4.34. The smallest absolute Gasteiger partial charge is 0.295 e. The number of hydrogen-bond acceptors (Lipinski definition) is 4. The molecule has 1 aromatic carbocycles. The molecule has 1 aromatic heterocycles. The molecular formula is C12H13N5O2. The number of nitrogens with zero attached hydrogens (tertiary/aromatic N) is 5. The number of tetrazole rings is 1. The molecule has 0 unspecified atom stereocenters. The lowest BCUT2D eigenvalue weighted by Crippen LogP contribution is -2.39. The van der Waals surface area contributed by atoms with Gasteiger partial charge in [0, 0.05) is 12.7 Å². The Morgan fingerprint density at radius 2 is 1.95 bits per heavy atom. The molecule has 0 spiro atoms. The normalized spacial score (nSPS) is 14.4. The number of carbonyl (C=O) groups is 1. The maximum absolute atomic E-state index is 12.2. The van der Waals surface area contributed by atoms with E-state index in [1.54, 1.807) is 19.2 Å². The Bertz CT molecular complexity index is 656. The highest BCUT2D eigenvalue weighted by Crippen LogP contribution is 2.32. The van der Waals surface area contributed by atoms with Gasteiger partial charge in [-0.15, -0.1) is 4.68 Å². The molecule has 0 radical (unpaired) electrons. The summed E-state index contributed by atoms with van der Waals surface area (Å²) < 4.78 is 2.07. The maximum Gasteiger partial charge on any atom is 0.372 e. The number of para-hydroxylation sites is 1. The number of hydrogen-bond donors (Lipinski definition) is 0. The van der Waals surface area contributed by atoms with Gasteiger partial charge in [0.25, 0.3) is 0 Å². The van der Waals surface area contributed by atoms with Gasteiger partial charge in [0.1, 0.15) is 0 Å². The van der Waals surface area contributed by atoms with Crippen LogP contribution < -0.4 is 10.6 Å². The van der Waals surface area contributed by atoms with Crippen molar-refractivity contribution in [2.24, 2.45) is 0 Å². The van der Waals surface area contributed by atoms with E-state index >= 15 is 0 Å². The van der Waals surface area contributed by atoms with Crippen LogP contribution in [0.4, 0.5) is 10.5 Å².